The first-order chi connectivity index (χ1) is 8.02. The molecule has 0 aromatic heterocycles. The molecular formula is C11H20N2O3S. The Morgan fingerprint density at radius 3 is 2.71 bits per heavy atom. The van der Waals surface area contributed by atoms with E-state index in [-0.39, 0.29) is 31.0 Å². The van der Waals surface area contributed by atoms with Crippen molar-refractivity contribution >= 4 is 23.6 Å². The van der Waals surface area contributed by atoms with Gasteiger partial charge in [0.05, 0.1) is 12.5 Å². The van der Waals surface area contributed by atoms with Crippen LogP contribution >= 0.6 is 11.8 Å². The second-order valence-electron chi connectivity index (χ2n) is 4.35. The normalized spacial score (nSPS) is 20.3. The van der Waals surface area contributed by atoms with E-state index in [9.17, 15) is 9.59 Å². The van der Waals surface area contributed by atoms with Gasteiger partial charge in [0.15, 0.2) is 0 Å². The summed E-state index contributed by atoms with van der Waals surface area (Å²) in [7, 11) is 0. The predicted octanol–water partition coefficient (Wildman–Crippen LogP) is 0.403. The molecule has 1 fully saturated rings. The molecule has 0 aromatic carbocycles. The molecule has 6 heteroatoms. The van der Waals surface area contributed by atoms with Crippen LogP contribution in [0.25, 0.3) is 0 Å². The molecule has 17 heavy (non-hydrogen) atoms. The number of carboxylic acid groups (broad SMARTS) is 1. The van der Waals surface area contributed by atoms with Gasteiger partial charge in [-0.1, -0.05) is 0 Å². The highest BCUT2D eigenvalue weighted by molar-refractivity contribution is 7.99. The lowest BCUT2D eigenvalue weighted by Gasteiger charge is -2.32. The number of nitrogens with zero attached hydrogens (tertiary/aromatic N) is 1. The number of rotatable bonds is 5. The van der Waals surface area contributed by atoms with Crippen LogP contribution in [0.15, 0.2) is 0 Å². The maximum atomic E-state index is 12.2. The van der Waals surface area contributed by atoms with E-state index < -0.39 is 5.97 Å². The van der Waals surface area contributed by atoms with Gasteiger partial charge in [0, 0.05) is 30.6 Å². The maximum Gasteiger partial charge on any atom is 0.305 e. The minimum atomic E-state index is -0.866. The van der Waals surface area contributed by atoms with E-state index in [2.05, 4.69) is 5.32 Å². The molecule has 1 heterocycles. The van der Waals surface area contributed by atoms with Gasteiger partial charge < -0.3 is 15.3 Å². The van der Waals surface area contributed by atoms with Crippen LogP contribution in [0.2, 0.25) is 0 Å². The fourth-order valence-electron chi connectivity index (χ4n) is 1.76. The highest BCUT2D eigenvalue weighted by atomic mass is 32.2. The molecule has 2 N–H and O–H groups in total. The summed E-state index contributed by atoms with van der Waals surface area (Å²) in [6, 6.07) is -0.125. The van der Waals surface area contributed by atoms with Crippen LogP contribution in [-0.2, 0) is 9.59 Å². The molecule has 0 radical (unpaired) electrons. The first kappa shape index (κ1) is 14.3. The van der Waals surface area contributed by atoms with Crippen LogP contribution in [0, 0.1) is 0 Å². The lowest BCUT2D eigenvalue weighted by Crippen LogP contribution is -2.52. The summed E-state index contributed by atoms with van der Waals surface area (Å²) < 4.78 is 0. The molecule has 0 saturated carbocycles. The van der Waals surface area contributed by atoms with E-state index >= 15 is 0 Å². The third-order valence-electron chi connectivity index (χ3n) is 2.69. The molecule has 1 unspecified atom stereocenters. The Balaban J connectivity index is 2.55. The van der Waals surface area contributed by atoms with Gasteiger partial charge in [0.25, 0.3) is 0 Å². The third-order valence-corrected chi connectivity index (χ3v) is 3.75. The van der Waals surface area contributed by atoms with E-state index in [0.29, 0.717) is 0 Å². The highest BCUT2D eigenvalue weighted by Crippen LogP contribution is 2.12. The predicted molar refractivity (Wildman–Crippen MR) is 68.2 cm³/mol. The van der Waals surface area contributed by atoms with Gasteiger partial charge in [0.2, 0.25) is 5.91 Å². The van der Waals surface area contributed by atoms with Gasteiger partial charge in [-0.25, -0.2) is 0 Å². The van der Waals surface area contributed by atoms with Crippen molar-refractivity contribution < 1.29 is 14.7 Å². The minimum Gasteiger partial charge on any atom is -0.481 e. The summed E-state index contributed by atoms with van der Waals surface area (Å²) in [5, 5.41) is 11.9. The van der Waals surface area contributed by atoms with Crippen LogP contribution in [0.5, 0.6) is 0 Å². The molecule has 1 amide bonds. The van der Waals surface area contributed by atoms with Crippen molar-refractivity contribution in [2.45, 2.75) is 32.4 Å². The molecule has 0 aromatic rings. The summed E-state index contributed by atoms with van der Waals surface area (Å²) in [4.78, 5) is 24.4. The van der Waals surface area contributed by atoms with Crippen LogP contribution in [0.4, 0.5) is 0 Å². The number of amides is 1. The molecule has 98 valence electrons. The lowest BCUT2D eigenvalue weighted by atomic mass is 10.2. The molecule has 0 spiro atoms. The SMILES string of the molecule is CC(C)N(CCC(=O)O)C(=O)C1CSCCN1. The topological polar surface area (TPSA) is 69.6 Å². The number of thioether (sulfide) groups is 1. The van der Waals surface area contributed by atoms with Crippen molar-refractivity contribution in [2.24, 2.45) is 0 Å². The first-order valence-electron chi connectivity index (χ1n) is 5.85. The Bertz CT molecular complexity index is 278. The maximum absolute atomic E-state index is 12.2. The fourth-order valence-corrected chi connectivity index (χ4v) is 2.69. The quantitative estimate of drug-likeness (QED) is 0.749. The molecule has 1 aliphatic heterocycles. The van der Waals surface area contributed by atoms with Crippen LogP contribution < -0.4 is 5.32 Å². The summed E-state index contributed by atoms with van der Waals surface area (Å²) >= 11 is 1.76. The average molecular weight is 260 g/mol. The summed E-state index contributed by atoms with van der Waals surface area (Å²) in [6.07, 6.45) is 0.00375. The highest BCUT2D eigenvalue weighted by Gasteiger charge is 2.27. The van der Waals surface area contributed by atoms with E-state index in [1.54, 1.807) is 16.7 Å². The average Bonchev–Trinajstić information content (AvgIpc) is 2.29. The minimum absolute atomic E-state index is 0.00375. The lowest BCUT2D eigenvalue weighted by molar-refractivity contribution is -0.139. The zero-order chi connectivity index (χ0) is 12.8. The van der Waals surface area contributed by atoms with Crippen LogP contribution in [0.3, 0.4) is 0 Å². The Morgan fingerprint density at radius 1 is 1.53 bits per heavy atom. The van der Waals surface area contributed by atoms with E-state index in [1.807, 2.05) is 13.8 Å². The number of hydrogen-bond acceptors (Lipinski definition) is 4. The summed E-state index contributed by atoms with van der Waals surface area (Å²) in [6.45, 7) is 4.95. The number of carbonyl (C=O) groups is 2. The van der Waals surface area contributed by atoms with Gasteiger partial charge in [-0.2, -0.15) is 11.8 Å². The Labute approximate surface area is 106 Å². The van der Waals surface area contributed by atoms with Crippen molar-refractivity contribution in [3.63, 3.8) is 0 Å². The summed E-state index contributed by atoms with van der Waals surface area (Å²) in [5.41, 5.74) is 0. The monoisotopic (exact) mass is 260 g/mol. The number of hydrogen-bond donors (Lipinski definition) is 2. The number of carboxylic acids is 1. The second-order valence-corrected chi connectivity index (χ2v) is 5.50. The number of carbonyl (C=O) groups excluding carboxylic acids is 1. The third kappa shape index (κ3) is 4.55. The van der Waals surface area contributed by atoms with Crippen molar-refractivity contribution in [3.8, 4) is 0 Å². The standard InChI is InChI=1S/C11H20N2O3S/c1-8(2)13(5-3-10(14)15)11(16)9-7-17-6-4-12-9/h8-9,12H,3-7H2,1-2H3,(H,14,15). The van der Waals surface area contributed by atoms with Crippen LogP contribution in [-0.4, -0.2) is 58.6 Å². The van der Waals surface area contributed by atoms with Crippen molar-refractivity contribution in [1.82, 2.24) is 10.2 Å². The van der Waals surface area contributed by atoms with Crippen molar-refractivity contribution in [3.05, 3.63) is 0 Å². The zero-order valence-corrected chi connectivity index (χ0v) is 11.1. The molecule has 1 aliphatic rings. The molecule has 1 saturated heterocycles. The summed E-state index contributed by atoms with van der Waals surface area (Å²) in [5.74, 6) is 0.957. The molecule has 0 bridgehead atoms. The number of nitrogens with one attached hydrogen (secondary N) is 1. The van der Waals surface area contributed by atoms with Crippen molar-refractivity contribution in [2.75, 3.05) is 24.6 Å². The van der Waals surface area contributed by atoms with E-state index in [0.717, 1.165) is 18.1 Å². The van der Waals surface area contributed by atoms with Gasteiger partial charge >= 0.3 is 5.97 Å². The van der Waals surface area contributed by atoms with Gasteiger partial charge in [-0.3, -0.25) is 9.59 Å². The molecule has 1 rings (SSSR count). The van der Waals surface area contributed by atoms with Crippen molar-refractivity contribution in [1.29, 1.82) is 0 Å². The second kappa shape index (κ2) is 6.86. The molecule has 0 aliphatic carbocycles. The Kier molecular flexibility index (Phi) is 5.77. The number of aliphatic carboxylic acids is 1. The smallest absolute Gasteiger partial charge is 0.305 e. The fraction of sp³-hybridized carbons (Fsp3) is 0.818. The zero-order valence-electron chi connectivity index (χ0n) is 10.3. The first-order valence-corrected chi connectivity index (χ1v) is 7.01. The molecule has 1 atom stereocenters. The van der Waals surface area contributed by atoms with Gasteiger partial charge in [-0.05, 0) is 13.8 Å². The Hall–Kier alpha value is -0.750. The van der Waals surface area contributed by atoms with E-state index in [1.165, 1.54) is 0 Å². The molecule has 5 nitrogen and oxygen atoms in total. The largest absolute Gasteiger partial charge is 0.481 e. The van der Waals surface area contributed by atoms with Gasteiger partial charge in [-0.15, -0.1) is 0 Å². The molecular weight excluding hydrogens is 240 g/mol. The van der Waals surface area contributed by atoms with Crippen LogP contribution in [0.1, 0.15) is 20.3 Å². The van der Waals surface area contributed by atoms with Gasteiger partial charge in [0.1, 0.15) is 0 Å². The van der Waals surface area contributed by atoms with E-state index in [4.69, 9.17) is 5.11 Å². The Morgan fingerprint density at radius 2 is 2.24 bits per heavy atom.